The first-order valence-corrected chi connectivity index (χ1v) is 20.9. The van der Waals surface area contributed by atoms with Crippen molar-refractivity contribution >= 4 is 46.3 Å². The monoisotopic (exact) mass is 822 g/mol. The molecule has 1 heterocycles. The summed E-state index contributed by atoms with van der Waals surface area (Å²) in [4.78, 5) is 86.4. The number of nitrogens with zero attached hydrogens (tertiary/aromatic N) is 1. The number of benzene rings is 3. The molecule has 0 bridgehead atoms. The molecular weight excluding hydrogens is 765 g/mol. The Labute approximate surface area is 351 Å². The number of methoxy groups -OCH3 is 1. The standard InChI is InChI=1S/C46H58N6O8/c1-59-45(57)41(43(55)36(48)28-34-29-49-37-21-11-10-20-35(34)37)51-40(53)24-23-33-19-14-22-39(42(33)54)52(26-13-3-2-12-25-47)44(56)38(27-31-15-6-4-7-16-31)50-46(58)60-30-32-17-8-5-9-18-32/h4-11,15-18,20-21,29,33,36,38-39,41,49H,2-3,12-14,19,22-28,30,47-48H2,1H3,(H,50,58)(H,51,53)/t33-,36+,38+,39-,41+/m1/s1. The van der Waals surface area contributed by atoms with E-state index in [2.05, 4.69) is 15.6 Å². The number of nitrogens with two attached hydrogens (primary N) is 2. The van der Waals surface area contributed by atoms with Gasteiger partial charge in [-0.2, -0.15) is 0 Å². The van der Waals surface area contributed by atoms with E-state index < -0.39 is 59.7 Å². The molecule has 0 spiro atoms. The summed E-state index contributed by atoms with van der Waals surface area (Å²) >= 11 is 0. The number of rotatable bonds is 22. The number of amides is 3. The lowest BCUT2D eigenvalue weighted by molar-refractivity contribution is -0.149. The molecule has 14 nitrogen and oxygen atoms in total. The van der Waals surface area contributed by atoms with Gasteiger partial charge < -0.3 is 41.5 Å². The minimum atomic E-state index is -1.63. The van der Waals surface area contributed by atoms with Crippen molar-refractivity contribution in [2.45, 2.75) is 101 Å². The molecule has 4 aromatic rings. The molecule has 5 rings (SSSR count). The molecule has 3 aromatic carbocycles. The fourth-order valence-corrected chi connectivity index (χ4v) is 7.82. The summed E-state index contributed by atoms with van der Waals surface area (Å²) in [5, 5.41) is 6.19. The van der Waals surface area contributed by atoms with Crippen molar-refractivity contribution in [1.82, 2.24) is 20.5 Å². The number of hydrogen-bond donors (Lipinski definition) is 5. The highest BCUT2D eigenvalue weighted by Gasteiger charge is 2.40. The van der Waals surface area contributed by atoms with Crippen LogP contribution in [-0.2, 0) is 52.9 Å². The van der Waals surface area contributed by atoms with Crippen LogP contribution in [0.1, 0.15) is 74.5 Å². The summed E-state index contributed by atoms with van der Waals surface area (Å²) in [5.74, 6) is -3.38. The van der Waals surface area contributed by atoms with Crippen molar-refractivity contribution in [3.8, 4) is 0 Å². The Morgan fingerprint density at radius 3 is 2.25 bits per heavy atom. The van der Waals surface area contributed by atoms with E-state index in [9.17, 15) is 28.8 Å². The van der Waals surface area contributed by atoms with E-state index in [1.54, 1.807) is 11.1 Å². The number of fused-ring (bicyclic) bond motifs is 1. The lowest BCUT2D eigenvalue weighted by atomic mass is 9.80. The van der Waals surface area contributed by atoms with Gasteiger partial charge in [0.15, 0.2) is 17.6 Å². The van der Waals surface area contributed by atoms with E-state index in [0.717, 1.165) is 54.0 Å². The number of carbonyl (C=O) groups excluding carboxylic acids is 6. The summed E-state index contributed by atoms with van der Waals surface area (Å²) in [6.45, 7) is 0.868. The van der Waals surface area contributed by atoms with Crippen LogP contribution in [-0.4, -0.2) is 89.7 Å². The molecule has 7 N–H and O–H groups in total. The molecule has 1 aliphatic carbocycles. The normalized spacial score (nSPS) is 16.6. The summed E-state index contributed by atoms with van der Waals surface area (Å²) in [6, 6.07) is 21.6. The van der Waals surface area contributed by atoms with Gasteiger partial charge in [-0.05, 0) is 67.8 Å². The molecule has 0 unspecified atom stereocenters. The maximum atomic E-state index is 14.6. The Morgan fingerprint density at radius 2 is 1.53 bits per heavy atom. The molecule has 1 aromatic heterocycles. The lowest BCUT2D eigenvalue weighted by Crippen LogP contribution is -2.56. The number of para-hydroxylation sites is 1. The number of H-pyrrole nitrogens is 1. The van der Waals surface area contributed by atoms with Crippen LogP contribution >= 0.6 is 0 Å². The van der Waals surface area contributed by atoms with Gasteiger partial charge in [-0.1, -0.05) is 98.1 Å². The highest BCUT2D eigenvalue weighted by Crippen LogP contribution is 2.29. The van der Waals surface area contributed by atoms with E-state index >= 15 is 0 Å². The fraction of sp³-hybridized carbons (Fsp3) is 0.435. The first-order chi connectivity index (χ1) is 29.1. The van der Waals surface area contributed by atoms with E-state index in [1.807, 2.05) is 84.9 Å². The van der Waals surface area contributed by atoms with Crippen molar-refractivity contribution in [1.29, 1.82) is 0 Å². The topological polar surface area (TPSA) is 216 Å². The highest BCUT2D eigenvalue weighted by molar-refractivity contribution is 6.08. The van der Waals surface area contributed by atoms with Crippen LogP contribution in [0.3, 0.4) is 0 Å². The molecule has 5 atom stereocenters. The van der Waals surface area contributed by atoms with Gasteiger partial charge in [-0.15, -0.1) is 0 Å². The van der Waals surface area contributed by atoms with Crippen molar-refractivity contribution < 1.29 is 38.2 Å². The van der Waals surface area contributed by atoms with Crippen LogP contribution in [0.4, 0.5) is 4.79 Å². The smallest absolute Gasteiger partial charge is 0.408 e. The number of ketones is 2. The quantitative estimate of drug-likeness (QED) is 0.0420. The molecule has 0 radical (unpaired) electrons. The Kier molecular flexibility index (Phi) is 17.4. The number of aromatic amines is 1. The zero-order valence-corrected chi connectivity index (χ0v) is 34.3. The van der Waals surface area contributed by atoms with E-state index in [1.165, 1.54) is 0 Å². The summed E-state index contributed by atoms with van der Waals surface area (Å²) in [7, 11) is 1.12. The number of Topliss-reactive ketones (excluding diaryl/α,β-unsaturated/α-hetero) is 2. The number of alkyl carbamates (subject to hydrolysis) is 1. The summed E-state index contributed by atoms with van der Waals surface area (Å²) in [5.41, 5.74) is 15.3. The molecule has 3 amide bonds. The van der Waals surface area contributed by atoms with Crippen LogP contribution in [0.5, 0.6) is 0 Å². The van der Waals surface area contributed by atoms with Gasteiger partial charge in [0.25, 0.3) is 0 Å². The van der Waals surface area contributed by atoms with Crippen LogP contribution in [0.2, 0.25) is 0 Å². The number of carbonyl (C=O) groups is 6. The average Bonchev–Trinajstić information content (AvgIpc) is 3.68. The predicted molar refractivity (Wildman–Crippen MR) is 227 cm³/mol. The molecule has 60 heavy (non-hydrogen) atoms. The van der Waals surface area contributed by atoms with Crippen molar-refractivity contribution in [3.05, 3.63) is 108 Å². The fourth-order valence-electron chi connectivity index (χ4n) is 7.82. The third kappa shape index (κ3) is 12.8. The second kappa shape index (κ2) is 23.1. The minimum Gasteiger partial charge on any atom is -0.467 e. The number of unbranched alkanes of at least 4 members (excludes halogenated alkanes) is 3. The molecule has 0 saturated heterocycles. The molecule has 0 aliphatic heterocycles. The minimum absolute atomic E-state index is 0.0203. The van der Waals surface area contributed by atoms with E-state index in [0.29, 0.717) is 38.8 Å². The SMILES string of the molecule is COC(=O)[C@@H](NC(=O)CC[C@H]1CCC[C@@H](N(CCCCCCN)C(=O)[C@H](Cc2ccccc2)NC(=O)OCc2ccccc2)C1=O)C(=O)[C@@H](N)Cc1c[nH]c2ccccc12. The zero-order valence-electron chi connectivity index (χ0n) is 34.3. The van der Waals surface area contributed by atoms with Gasteiger partial charge >= 0.3 is 12.1 Å². The zero-order chi connectivity index (χ0) is 42.9. The van der Waals surface area contributed by atoms with Gasteiger partial charge in [0, 0.05) is 42.4 Å². The second-order valence-corrected chi connectivity index (χ2v) is 15.4. The lowest BCUT2D eigenvalue weighted by Gasteiger charge is -2.38. The third-order valence-electron chi connectivity index (χ3n) is 11.1. The first kappa shape index (κ1) is 45.2. The number of nitrogens with one attached hydrogen (secondary N) is 3. The van der Waals surface area contributed by atoms with Gasteiger partial charge in [0.2, 0.25) is 11.8 Å². The van der Waals surface area contributed by atoms with Crippen LogP contribution in [0.15, 0.2) is 91.1 Å². The van der Waals surface area contributed by atoms with E-state index in [-0.39, 0.29) is 38.1 Å². The Morgan fingerprint density at radius 1 is 0.850 bits per heavy atom. The van der Waals surface area contributed by atoms with Gasteiger partial charge in [0.05, 0.1) is 19.2 Å². The molecule has 14 heteroatoms. The van der Waals surface area contributed by atoms with Gasteiger partial charge in [-0.25, -0.2) is 9.59 Å². The van der Waals surface area contributed by atoms with Crippen molar-refractivity contribution in [2.24, 2.45) is 17.4 Å². The molecule has 320 valence electrons. The number of hydrogen-bond acceptors (Lipinski definition) is 10. The maximum absolute atomic E-state index is 14.6. The Balaban J connectivity index is 1.26. The summed E-state index contributed by atoms with van der Waals surface area (Å²) in [6.07, 6.45) is 6.00. The van der Waals surface area contributed by atoms with Crippen molar-refractivity contribution in [2.75, 3.05) is 20.2 Å². The second-order valence-electron chi connectivity index (χ2n) is 15.4. The molecule has 1 fully saturated rings. The Bertz CT molecular complexity index is 2040. The molecular formula is C46H58N6O8. The third-order valence-corrected chi connectivity index (χ3v) is 11.1. The van der Waals surface area contributed by atoms with Crippen LogP contribution < -0.4 is 22.1 Å². The molecule has 1 aliphatic rings. The Hall–Kier alpha value is -5.86. The van der Waals surface area contributed by atoms with Gasteiger partial charge in [-0.3, -0.25) is 19.2 Å². The summed E-state index contributed by atoms with van der Waals surface area (Å²) < 4.78 is 10.4. The van der Waals surface area contributed by atoms with Crippen LogP contribution in [0, 0.1) is 5.92 Å². The maximum Gasteiger partial charge on any atom is 0.408 e. The molecule has 1 saturated carbocycles. The van der Waals surface area contributed by atoms with Crippen LogP contribution in [0.25, 0.3) is 10.9 Å². The largest absolute Gasteiger partial charge is 0.467 e. The average molecular weight is 823 g/mol. The van der Waals surface area contributed by atoms with Gasteiger partial charge in [0.1, 0.15) is 12.6 Å². The van der Waals surface area contributed by atoms with Crippen molar-refractivity contribution in [3.63, 3.8) is 0 Å². The van der Waals surface area contributed by atoms with E-state index in [4.69, 9.17) is 20.9 Å². The predicted octanol–water partition coefficient (Wildman–Crippen LogP) is 4.67. The number of esters is 1. The first-order valence-electron chi connectivity index (χ1n) is 20.9. The number of ether oxygens (including phenoxy) is 2. The number of aromatic nitrogens is 1. The highest BCUT2D eigenvalue weighted by atomic mass is 16.5.